The summed E-state index contributed by atoms with van der Waals surface area (Å²) in [5.41, 5.74) is 4.91. The van der Waals surface area contributed by atoms with E-state index in [-0.39, 0.29) is 5.91 Å². The lowest BCUT2D eigenvalue weighted by atomic mass is 10.1. The highest BCUT2D eigenvalue weighted by molar-refractivity contribution is 7.83. The molecule has 168 valence electrons. The highest BCUT2D eigenvalue weighted by Crippen LogP contribution is 2.39. The van der Waals surface area contributed by atoms with Gasteiger partial charge in [0.1, 0.15) is 5.82 Å². The number of carbonyl (C=O) groups is 1. The van der Waals surface area contributed by atoms with Gasteiger partial charge in [-0.1, -0.05) is 12.1 Å². The molecule has 1 aromatic heterocycles. The Kier molecular flexibility index (Phi) is 5.92. The zero-order valence-electron chi connectivity index (χ0n) is 18.6. The van der Waals surface area contributed by atoms with Gasteiger partial charge in [0.15, 0.2) is 11.5 Å². The minimum Gasteiger partial charge on any atom is -0.493 e. The monoisotopic (exact) mass is 455 g/mol. The number of rotatable bonds is 6. The lowest BCUT2D eigenvalue weighted by Gasteiger charge is -2.16. The lowest BCUT2D eigenvalue weighted by Crippen LogP contribution is -2.17. The fourth-order valence-electron chi connectivity index (χ4n) is 3.79. The minimum atomic E-state index is -1.03. The number of carbonyl (C=O) groups excluding carboxylic acids is 1. The first-order chi connectivity index (χ1) is 15.4. The quantitative estimate of drug-likeness (QED) is 0.611. The number of benzene rings is 2. The van der Waals surface area contributed by atoms with E-state index in [1.807, 2.05) is 32.0 Å². The Morgan fingerprint density at radius 3 is 2.38 bits per heavy atom. The van der Waals surface area contributed by atoms with Crippen molar-refractivity contribution in [2.24, 2.45) is 0 Å². The number of nitrogens with one attached hydrogen (secondary N) is 1. The molecule has 1 N–H and O–H groups in total. The second kappa shape index (κ2) is 8.66. The summed E-state index contributed by atoms with van der Waals surface area (Å²) in [6.07, 6.45) is 0. The Hall–Kier alpha value is -3.33. The van der Waals surface area contributed by atoms with E-state index >= 15 is 0 Å². The zero-order valence-corrected chi connectivity index (χ0v) is 19.5. The maximum Gasteiger partial charge on any atom is 0.257 e. The molecule has 32 heavy (non-hydrogen) atoms. The van der Waals surface area contributed by atoms with Crippen molar-refractivity contribution in [2.45, 2.75) is 25.4 Å². The Labute approximate surface area is 188 Å². The van der Waals surface area contributed by atoms with Gasteiger partial charge >= 0.3 is 0 Å². The number of aryl methyl sites for hydroxylation is 1. The van der Waals surface area contributed by atoms with Gasteiger partial charge in [-0.15, -0.1) is 0 Å². The van der Waals surface area contributed by atoms with Crippen LogP contribution in [-0.2, 0) is 22.3 Å². The molecule has 1 atom stereocenters. The van der Waals surface area contributed by atoms with Gasteiger partial charge in [0, 0.05) is 21.9 Å². The summed E-state index contributed by atoms with van der Waals surface area (Å²) in [5, 5.41) is 7.68. The van der Waals surface area contributed by atoms with Crippen LogP contribution in [0.2, 0.25) is 0 Å². The van der Waals surface area contributed by atoms with Crippen LogP contribution in [0.3, 0.4) is 0 Å². The number of methoxy groups -OCH3 is 3. The molecule has 8 nitrogen and oxygen atoms in total. The van der Waals surface area contributed by atoms with Crippen molar-refractivity contribution >= 4 is 22.5 Å². The van der Waals surface area contributed by atoms with Crippen LogP contribution in [0.1, 0.15) is 32.7 Å². The third kappa shape index (κ3) is 3.73. The first-order valence-corrected chi connectivity index (χ1v) is 11.5. The lowest BCUT2D eigenvalue weighted by molar-refractivity contribution is 0.102. The number of hydrogen-bond donors (Lipinski definition) is 1. The average molecular weight is 456 g/mol. The molecule has 0 saturated carbocycles. The Morgan fingerprint density at radius 2 is 1.75 bits per heavy atom. The Bertz CT molecular complexity index is 1210. The summed E-state index contributed by atoms with van der Waals surface area (Å²) < 4.78 is 30.0. The predicted octanol–water partition coefficient (Wildman–Crippen LogP) is 3.53. The van der Waals surface area contributed by atoms with Crippen molar-refractivity contribution in [1.82, 2.24) is 9.78 Å². The van der Waals surface area contributed by atoms with Crippen LogP contribution in [0.15, 0.2) is 30.3 Å². The molecular formula is C23H25N3O5S. The summed E-state index contributed by atoms with van der Waals surface area (Å²) in [6.45, 7) is 4.04. The third-order valence-corrected chi connectivity index (χ3v) is 6.84. The molecule has 3 aromatic rings. The molecule has 1 amide bonds. The number of anilines is 1. The summed E-state index contributed by atoms with van der Waals surface area (Å²) in [5.74, 6) is 2.06. The van der Waals surface area contributed by atoms with Crippen LogP contribution in [0.4, 0.5) is 5.82 Å². The molecule has 0 radical (unpaired) electrons. The SMILES string of the molecule is COc1cc(C(=O)Nc2c3c(nn2-c2cccc(C)c2C)C[S@](=O)C3)cc(OC)c1OC. The minimum absolute atomic E-state index is 0.334. The van der Waals surface area contributed by atoms with Crippen molar-refractivity contribution < 1.29 is 23.2 Å². The van der Waals surface area contributed by atoms with Crippen LogP contribution < -0.4 is 19.5 Å². The number of hydrogen-bond acceptors (Lipinski definition) is 6. The van der Waals surface area contributed by atoms with Crippen LogP contribution in [0, 0.1) is 13.8 Å². The second-order valence-corrected chi connectivity index (χ2v) is 8.96. The number of aromatic nitrogens is 2. The van der Waals surface area contributed by atoms with Gasteiger partial charge in [0.25, 0.3) is 5.91 Å². The van der Waals surface area contributed by atoms with E-state index in [1.54, 1.807) is 16.8 Å². The van der Waals surface area contributed by atoms with Crippen LogP contribution in [0.5, 0.6) is 17.2 Å². The van der Waals surface area contributed by atoms with Crippen LogP contribution in [0.25, 0.3) is 5.69 Å². The topological polar surface area (TPSA) is 91.7 Å². The predicted molar refractivity (Wildman–Crippen MR) is 123 cm³/mol. The first-order valence-electron chi connectivity index (χ1n) is 10.0. The third-order valence-electron chi connectivity index (χ3n) is 5.63. The van der Waals surface area contributed by atoms with Gasteiger partial charge in [-0.2, -0.15) is 5.10 Å². The van der Waals surface area contributed by atoms with Crippen LogP contribution in [-0.4, -0.2) is 41.2 Å². The van der Waals surface area contributed by atoms with Gasteiger partial charge in [-0.25, -0.2) is 4.68 Å². The summed E-state index contributed by atoms with van der Waals surface area (Å²) >= 11 is 0. The van der Waals surface area contributed by atoms with E-state index < -0.39 is 10.8 Å². The average Bonchev–Trinajstić information content (AvgIpc) is 3.31. The standard InChI is InChI=1S/C23H25N3O5S/c1-13-7-6-8-18(14(13)2)26-22(16-11-32(28)12-17(16)25-26)24-23(27)15-9-19(29-3)21(31-5)20(10-15)30-4/h6-10H,11-12H2,1-5H3,(H,24,27)/t32-/m1/s1. The summed E-state index contributed by atoms with van der Waals surface area (Å²) in [4.78, 5) is 13.3. The van der Waals surface area contributed by atoms with Crippen molar-refractivity contribution in [2.75, 3.05) is 26.6 Å². The molecule has 2 aromatic carbocycles. The van der Waals surface area contributed by atoms with Gasteiger partial charge in [0.05, 0.1) is 44.2 Å². The van der Waals surface area contributed by atoms with E-state index in [0.29, 0.717) is 40.1 Å². The Morgan fingerprint density at radius 1 is 1.06 bits per heavy atom. The largest absolute Gasteiger partial charge is 0.493 e. The van der Waals surface area contributed by atoms with E-state index in [2.05, 4.69) is 5.32 Å². The van der Waals surface area contributed by atoms with E-state index in [1.165, 1.54) is 21.3 Å². The molecule has 0 spiro atoms. The molecule has 0 aliphatic carbocycles. The summed E-state index contributed by atoms with van der Waals surface area (Å²) in [7, 11) is 3.47. The fraction of sp³-hybridized carbons (Fsp3) is 0.304. The van der Waals surface area contributed by atoms with Crippen molar-refractivity contribution in [3.05, 3.63) is 58.3 Å². The zero-order chi connectivity index (χ0) is 23.0. The van der Waals surface area contributed by atoms with Gasteiger partial charge < -0.3 is 19.5 Å². The van der Waals surface area contributed by atoms with Gasteiger partial charge in [-0.3, -0.25) is 9.00 Å². The van der Waals surface area contributed by atoms with E-state index in [9.17, 15) is 9.00 Å². The van der Waals surface area contributed by atoms with Gasteiger partial charge in [0.2, 0.25) is 5.75 Å². The number of amides is 1. The van der Waals surface area contributed by atoms with Crippen molar-refractivity contribution in [3.63, 3.8) is 0 Å². The first kappa shape index (κ1) is 21.9. The Balaban J connectivity index is 1.79. The summed E-state index contributed by atoms with van der Waals surface area (Å²) in [6, 6.07) is 9.12. The normalized spacial score (nSPS) is 14.7. The molecule has 2 heterocycles. The number of nitrogens with zero attached hydrogens (tertiary/aromatic N) is 2. The van der Waals surface area contributed by atoms with Crippen molar-refractivity contribution in [1.29, 1.82) is 0 Å². The molecule has 1 aliphatic heterocycles. The highest BCUT2D eigenvalue weighted by atomic mass is 32.2. The van der Waals surface area contributed by atoms with Gasteiger partial charge in [-0.05, 0) is 43.2 Å². The fourth-order valence-corrected chi connectivity index (χ4v) is 5.05. The molecule has 0 saturated heterocycles. The second-order valence-electron chi connectivity index (χ2n) is 7.50. The molecular weight excluding hydrogens is 430 g/mol. The number of fused-ring (bicyclic) bond motifs is 1. The molecule has 0 fully saturated rings. The maximum atomic E-state index is 13.3. The van der Waals surface area contributed by atoms with E-state index in [0.717, 1.165) is 28.1 Å². The highest BCUT2D eigenvalue weighted by Gasteiger charge is 2.29. The molecule has 0 unspecified atom stereocenters. The molecule has 0 bridgehead atoms. The molecule has 9 heteroatoms. The van der Waals surface area contributed by atoms with E-state index in [4.69, 9.17) is 19.3 Å². The number of ether oxygens (including phenoxy) is 3. The maximum absolute atomic E-state index is 13.3. The molecule has 1 aliphatic rings. The van der Waals surface area contributed by atoms with Crippen LogP contribution >= 0.6 is 0 Å². The van der Waals surface area contributed by atoms with Crippen molar-refractivity contribution in [3.8, 4) is 22.9 Å². The smallest absolute Gasteiger partial charge is 0.257 e. The molecule has 4 rings (SSSR count).